The predicted octanol–water partition coefficient (Wildman–Crippen LogP) is -0.000300. The Morgan fingerprint density at radius 1 is 0.508 bits per heavy atom. The molecule has 0 heterocycles. The van der Waals surface area contributed by atoms with Crippen LogP contribution in [0.1, 0.15) is 144 Å². The lowest BCUT2D eigenvalue weighted by Gasteiger charge is -2.28. The van der Waals surface area contributed by atoms with Crippen molar-refractivity contribution in [3.05, 3.63) is 0 Å². The Hall–Kier alpha value is -4.44. The molecule has 0 unspecified atom stereocenters. The van der Waals surface area contributed by atoms with Crippen LogP contribution in [0.2, 0.25) is 0 Å². The molecule has 5 amide bonds. The average Bonchev–Trinajstić information content (AvgIpc) is 3.17. The summed E-state index contributed by atoms with van der Waals surface area (Å²) in [7, 11) is 0. The molecule has 0 aromatic carbocycles. The number of rotatable bonds is 32. The first-order valence-corrected chi connectivity index (χ1v) is 21.2. The molecule has 0 fully saturated rings. The number of aliphatic hydroxyl groups is 3. The van der Waals surface area contributed by atoms with Gasteiger partial charge in [0.1, 0.15) is 30.2 Å². The van der Waals surface area contributed by atoms with Gasteiger partial charge in [-0.15, -0.1) is 0 Å². The van der Waals surface area contributed by atoms with Crippen molar-refractivity contribution in [1.82, 2.24) is 26.6 Å². The zero-order valence-electron chi connectivity index (χ0n) is 36.8. The summed E-state index contributed by atoms with van der Waals surface area (Å²) in [4.78, 5) is 94.1. The Bertz CT molecular complexity index is 1250. The molecular formula is C40H77N7O14. The number of carbonyl (C=O) groups excluding carboxylic acids is 5. The summed E-state index contributed by atoms with van der Waals surface area (Å²) in [6.45, 7) is 5.73. The van der Waals surface area contributed by atoms with Crippen LogP contribution in [-0.4, -0.2) is 140 Å². The van der Waals surface area contributed by atoms with Crippen molar-refractivity contribution < 1.29 is 69.0 Å². The maximum absolute atomic E-state index is 13.4. The summed E-state index contributed by atoms with van der Waals surface area (Å²) in [6, 6.07) is -7.51. The molecule has 0 aliphatic rings. The number of carboxylic acid groups (broad SMARTS) is 3. The number of nitrogens with two attached hydrogens (primary N) is 2. The number of amides is 5. The zero-order valence-corrected chi connectivity index (χ0v) is 36.8. The van der Waals surface area contributed by atoms with Gasteiger partial charge in [0.15, 0.2) is 0 Å². The van der Waals surface area contributed by atoms with Crippen molar-refractivity contribution >= 4 is 47.4 Å². The number of unbranched alkanes of at least 4 members (excludes halogenated alkanes) is 13. The largest absolute Gasteiger partial charge is 0.481 e. The normalized spacial score (nSPS) is 14.0. The standard InChI is InChI=1S/C36H69N7O10.2C2H4O2/c1-4-5-6-7-8-9-10-11-12-13-14-15-16-20-29(47)39-26(19-17-18-21-37)32(48)42-31(25(3)46)35(51)43-30(24(2)45)34(50)40-27(22-38)33(49)41-28(23-44)36(52)53;2*1-2(3)4/h24-28,30-31,44-46H,4-23,37-38H2,1-3H3,(H,39,47)(H,40,50)(H,41,49)(H,42,48)(H,43,51)(H,52,53);2*1H3,(H,3,4)/t24-,25-,26+,27+,28+,30+,31+;;/m1../s1. The van der Waals surface area contributed by atoms with Crippen LogP contribution < -0.4 is 38.1 Å². The van der Waals surface area contributed by atoms with E-state index in [0.29, 0.717) is 25.8 Å². The summed E-state index contributed by atoms with van der Waals surface area (Å²) < 4.78 is 0. The molecule has 0 rings (SSSR count). The van der Waals surface area contributed by atoms with Crippen molar-refractivity contribution in [2.24, 2.45) is 11.5 Å². The molecule has 0 aliphatic heterocycles. The number of aliphatic carboxylic acids is 3. The van der Waals surface area contributed by atoms with Crippen LogP contribution in [0.25, 0.3) is 0 Å². The highest BCUT2D eigenvalue weighted by atomic mass is 16.4. The molecule has 0 aromatic rings. The van der Waals surface area contributed by atoms with Gasteiger partial charge in [0.05, 0.1) is 18.8 Å². The van der Waals surface area contributed by atoms with Crippen molar-refractivity contribution in [3.63, 3.8) is 0 Å². The van der Waals surface area contributed by atoms with E-state index < -0.39 is 97.1 Å². The summed E-state index contributed by atoms with van der Waals surface area (Å²) in [5.74, 6) is -7.42. The molecule has 0 saturated heterocycles. The van der Waals surface area contributed by atoms with E-state index >= 15 is 0 Å². The summed E-state index contributed by atoms with van der Waals surface area (Å²) >= 11 is 0. The minimum Gasteiger partial charge on any atom is -0.481 e. The Morgan fingerprint density at radius 2 is 0.885 bits per heavy atom. The first kappa shape index (κ1) is 60.9. The lowest BCUT2D eigenvalue weighted by Crippen LogP contribution is -2.63. The molecule has 0 saturated carbocycles. The first-order valence-electron chi connectivity index (χ1n) is 21.2. The third-order valence-corrected chi connectivity index (χ3v) is 8.90. The van der Waals surface area contributed by atoms with Crippen LogP contribution in [0.5, 0.6) is 0 Å². The summed E-state index contributed by atoms with van der Waals surface area (Å²) in [5, 5.41) is 65.4. The topological polar surface area (TPSA) is 370 Å². The minimum absolute atomic E-state index is 0.224. The van der Waals surface area contributed by atoms with Crippen molar-refractivity contribution in [1.29, 1.82) is 0 Å². The number of nitrogens with one attached hydrogen (secondary N) is 5. The zero-order chi connectivity index (χ0) is 47.3. The van der Waals surface area contributed by atoms with Crippen LogP contribution in [-0.2, 0) is 38.4 Å². The minimum atomic E-state index is -1.70. The number of hydrogen-bond donors (Lipinski definition) is 13. The van der Waals surface area contributed by atoms with Crippen LogP contribution in [0.3, 0.4) is 0 Å². The second-order valence-electron chi connectivity index (χ2n) is 14.8. The van der Waals surface area contributed by atoms with E-state index in [1.165, 1.54) is 71.6 Å². The molecule has 21 heteroatoms. The van der Waals surface area contributed by atoms with E-state index in [0.717, 1.165) is 33.1 Å². The van der Waals surface area contributed by atoms with E-state index in [1.807, 2.05) is 5.32 Å². The third-order valence-electron chi connectivity index (χ3n) is 8.90. The Morgan fingerprint density at radius 3 is 1.26 bits per heavy atom. The highest BCUT2D eigenvalue weighted by molar-refractivity contribution is 5.96. The summed E-state index contributed by atoms with van der Waals surface area (Å²) in [6.07, 6.45) is 13.7. The number of hydrogen-bond acceptors (Lipinski definition) is 13. The molecular weight excluding hydrogens is 802 g/mol. The number of carboxylic acids is 3. The molecule has 0 radical (unpaired) electrons. The van der Waals surface area contributed by atoms with E-state index in [9.17, 15) is 39.0 Å². The lowest BCUT2D eigenvalue weighted by atomic mass is 10.0. The molecule has 0 bridgehead atoms. The van der Waals surface area contributed by atoms with E-state index in [2.05, 4.69) is 28.2 Å². The monoisotopic (exact) mass is 880 g/mol. The lowest BCUT2D eigenvalue weighted by molar-refractivity contribution is -0.143. The summed E-state index contributed by atoms with van der Waals surface area (Å²) in [5.41, 5.74) is 11.2. The van der Waals surface area contributed by atoms with Gasteiger partial charge in [0.25, 0.3) is 11.9 Å². The van der Waals surface area contributed by atoms with Crippen molar-refractivity contribution in [2.45, 2.75) is 186 Å². The van der Waals surface area contributed by atoms with Crippen LogP contribution in [0, 0.1) is 0 Å². The smallest absolute Gasteiger partial charge is 0.328 e. The van der Waals surface area contributed by atoms with Crippen LogP contribution >= 0.6 is 0 Å². The van der Waals surface area contributed by atoms with E-state index in [1.54, 1.807) is 0 Å². The first-order chi connectivity index (χ1) is 28.7. The van der Waals surface area contributed by atoms with E-state index in [-0.39, 0.29) is 18.7 Å². The van der Waals surface area contributed by atoms with Gasteiger partial charge >= 0.3 is 5.97 Å². The van der Waals surface area contributed by atoms with Gasteiger partial charge in [-0.1, -0.05) is 84.0 Å². The van der Waals surface area contributed by atoms with Gasteiger partial charge in [-0.3, -0.25) is 33.6 Å². The number of carbonyl (C=O) groups is 8. The van der Waals surface area contributed by atoms with Crippen molar-refractivity contribution in [2.75, 3.05) is 19.7 Å². The predicted molar refractivity (Wildman–Crippen MR) is 227 cm³/mol. The molecule has 356 valence electrons. The molecule has 0 aromatic heterocycles. The van der Waals surface area contributed by atoms with Gasteiger partial charge < -0.3 is 68.7 Å². The Kier molecular flexibility index (Phi) is 38.4. The maximum atomic E-state index is 13.4. The third kappa shape index (κ3) is 34.9. The van der Waals surface area contributed by atoms with Gasteiger partial charge in [-0.05, 0) is 46.1 Å². The Labute approximate surface area is 359 Å². The fraction of sp³-hybridized carbons (Fsp3) is 0.800. The molecule has 0 aliphatic carbocycles. The molecule has 0 spiro atoms. The average molecular weight is 880 g/mol. The molecule has 21 nitrogen and oxygen atoms in total. The molecule has 7 atom stereocenters. The SMILES string of the molecule is CC(=O)O.CC(=O)O.CCCCCCCCCCCCCCCC(=O)N[C@@H](CCCCN)C(=O)N[C@H](C(=O)N[C@H](C(=O)N[C@@H](CN)C(=O)N[C@@H](CO)C(=O)O)[C@@H](C)O)[C@@H](C)O. The van der Waals surface area contributed by atoms with Gasteiger partial charge in [-0.25, -0.2) is 4.79 Å². The quantitative estimate of drug-likeness (QED) is 0.0396. The van der Waals surface area contributed by atoms with E-state index in [4.69, 9.17) is 41.5 Å². The van der Waals surface area contributed by atoms with Crippen molar-refractivity contribution in [3.8, 4) is 0 Å². The molecule has 15 N–H and O–H groups in total. The highest BCUT2D eigenvalue weighted by Crippen LogP contribution is 2.13. The Balaban J connectivity index is -0.00000383. The molecule has 61 heavy (non-hydrogen) atoms. The second kappa shape index (κ2) is 38.5. The second-order valence-corrected chi connectivity index (χ2v) is 14.8. The fourth-order valence-electron chi connectivity index (χ4n) is 5.59. The van der Waals surface area contributed by atoms with Gasteiger partial charge in [-0.2, -0.15) is 0 Å². The maximum Gasteiger partial charge on any atom is 0.328 e. The highest BCUT2D eigenvalue weighted by Gasteiger charge is 2.35. The van der Waals surface area contributed by atoms with Crippen LogP contribution in [0.15, 0.2) is 0 Å². The number of aliphatic hydroxyl groups excluding tert-OH is 3. The fourth-order valence-corrected chi connectivity index (χ4v) is 5.59. The van der Waals surface area contributed by atoms with Gasteiger partial charge in [0, 0.05) is 26.8 Å². The van der Waals surface area contributed by atoms with Crippen LogP contribution in [0.4, 0.5) is 0 Å². The van der Waals surface area contributed by atoms with Gasteiger partial charge in [0.2, 0.25) is 29.5 Å².